The summed E-state index contributed by atoms with van der Waals surface area (Å²) in [5, 5.41) is 5.69. The predicted octanol–water partition coefficient (Wildman–Crippen LogP) is 2.69. The van der Waals surface area contributed by atoms with E-state index < -0.39 is 12.1 Å². The summed E-state index contributed by atoms with van der Waals surface area (Å²) in [6, 6.07) is 15.7. The van der Waals surface area contributed by atoms with Crippen LogP contribution >= 0.6 is 0 Å². The highest BCUT2D eigenvalue weighted by atomic mass is 16.2. The molecule has 5 rings (SSSR count). The fraction of sp³-hybridized carbons (Fsp3) is 0.370. The molecular formula is C27H32N6O3. The maximum atomic E-state index is 13.6. The lowest BCUT2D eigenvalue weighted by Crippen LogP contribution is -2.51. The van der Waals surface area contributed by atoms with E-state index in [2.05, 4.69) is 15.5 Å². The molecular weight excluding hydrogens is 456 g/mol. The maximum Gasteiger partial charge on any atom is 0.320 e. The Bertz CT molecular complexity index is 1160. The maximum absolute atomic E-state index is 13.6. The largest absolute Gasteiger partial charge is 0.361 e. The number of nitrogens with one attached hydrogen (secondary N) is 2. The first kappa shape index (κ1) is 23.7. The van der Waals surface area contributed by atoms with Gasteiger partial charge in [0.1, 0.15) is 11.7 Å². The number of piperidine rings is 1. The molecule has 2 N–H and O–H groups in total. The Morgan fingerprint density at radius 3 is 2.33 bits per heavy atom. The standard InChI is InChI=1S/C27H32N6O3/c1-19-8-10-21(11-9-19)28-27(36)29-24(20-6-4-3-5-7-20)26(35)31-14-12-22(13-15-31)33-18-32-17-30(2)16-23(32)25(33)34/h3-11,16,22,24H,12-15,17-18H2,1-2H3,(H2,28,29,36). The molecule has 188 valence electrons. The van der Waals surface area contributed by atoms with Gasteiger partial charge >= 0.3 is 6.03 Å². The molecule has 0 bridgehead atoms. The zero-order valence-corrected chi connectivity index (χ0v) is 20.7. The number of amides is 4. The highest BCUT2D eigenvalue weighted by Crippen LogP contribution is 2.29. The van der Waals surface area contributed by atoms with Crippen molar-refractivity contribution in [3.05, 3.63) is 77.6 Å². The molecule has 4 amide bonds. The minimum atomic E-state index is -0.798. The van der Waals surface area contributed by atoms with Gasteiger partial charge in [-0.2, -0.15) is 0 Å². The van der Waals surface area contributed by atoms with Crippen molar-refractivity contribution in [1.29, 1.82) is 0 Å². The Morgan fingerprint density at radius 1 is 0.972 bits per heavy atom. The molecule has 3 aliphatic rings. The second-order valence-corrected chi connectivity index (χ2v) is 9.73. The lowest BCUT2D eigenvalue weighted by Gasteiger charge is -2.38. The van der Waals surface area contributed by atoms with Gasteiger partial charge in [-0.3, -0.25) is 9.59 Å². The predicted molar refractivity (Wildman–Crippen MR) is 136 cm³/mol. The first-order valence-corrected chi connectivity index (χ1v) is 12.3. The smallest absolute Gasteiger partial charge is 0.320 e. The van der Waals surface area contributed by atoms with Crippen LogP contribution in [0.25, 0.3) is 0 Å². The Balaban J connectivity index is 1.23. The van der Waals surface area contributed by atoms with E-state index in [9.17, 15) is 14.4 Å². The first-order chi connectivity index (χ1) is 17.4. The molecule has 2 aromatic rings. The van der Waals surface area contributed by atoms with Gasteiger partial charge in [-0.1, -0.05) is 48.0 Å². The van der Waals surface area contributed by atoms with Crippen LogP contribution in [0.4, 0.5) is 10.5 Å². The number of rotatable bonds is 5. The summed E-state index contributed by atoms with van der Waals surface area (Å²) in [6.45, 7) is 4.38. The van der Waals surface area contributed by atoms with E-state index in [4.69, 9.17) is 0 Å². The van der Waals surface area contributed by atoms with E-state index in [0.717, 1.165) is 23.5 Å². The lowest BCUT2D eigenvalue weighted by atomic mass is 10.0. The van der Waals surface area contributed by atoms with Crippen molar-refractivity contribution in [1.82, 2.24) is 24.9 Å². The van der Waals surface area contributed by atoms with Crippen molar-refractivity contribution in [2.45, 2.75) is 31.8 Å². The number of likely N-dealkylation sites (tertiary alicyclic amines) is 1. The van der Waals surface area contributed by atoms with E-state index in [-0.39, 0.29) is 17.9 Å². The van der Waals surface area contributed by atoms with Crippen LogP contribution in [0.2, 0.25) is 0 Å². The van der Waals surface area contributed by atoms with Gasteiger partial charge in [0, 0.05) is 38.1 Å². The summed E-state index contributed by atoms with van der Waals surface area (Å²) in [4.78, 5) is 47.1. The Morgan fingerprint density at radius 2 is 1.67 bits per heavy atom. The van der Waals surface area contributed by atoms with Crippen LogP contribution in [0, 0.1) is 6.92 Å². The molecule has 3 aliphatic heterocycles. The second kappa shape index (κ2) is 9.93. The number of carbonyl (C=O) groups excluding carboxylic acids is 3. The van der Waals surface area contributed by atoms with Gasteiger partial charge in [0.15, 0.2) is 0 Å². The van der Waals surface area contributed by atoms with E-state index in [0.29, 0.717) is 38.3 Å². The van der Waals surface area contributed by atoms with Crippen molar-refractivity contribution in [3.63, 3.8) is 0 Å². The quantitative estimate of drug-likeness (QED) is 0.676. The molecule has 36 heavy (non-hydrogen) atoms. The summed E-state index contributed by atoms with van der Waals surface area (Å²) in [5.74, 6) is -0.0721. The number of anilines is 1. The average molecular weight is 489 g/mol. The van der Waals surface area contributed by atoms with Crippen LogP contribution in [0.1, 0.15) is 30.0 Å². The molecule has 0 radical (unpaired) electrons. The Kier molecular flexibility index (Phi) is 6.54. The topological polar surface area (TPSA) is 88.2 Å². The highest BCUT2D eigenvalue weighted by Gasteiger charge is 2.41. The Hall–Kier alpha value is -4.01. The molecule has 2 aromatic carbocycles. The first-order valence-electron chi connectivity index (χ1n) is 12.3. The fourth-order valence-electron chi connectivity index (χ4n) is 5.11. The minimum Gasteiger partial charge on any atom is -0.361 e. The summed E-state index contributed by atoms with van der Waals surface area (Å²) < 4.78 is 0. The molecule has 9 heteroatoms. The van der Waals surface area contributed by atoms with Crippen molar-refractivity contribution in [2.24, 2.45) is 0 Å². The van der Waals surface area contributed by atoms with Crippen LogP contribution in [-0.2, 0) is 9.59 Å². The Labute approximate surface area is 211 Å². The molecule has 9 nitrogen and oxygen atoms in total. The molecule has 1 unspecified atom stereocenters. The van der Waals surface area contributed by atoms with E-state index in [1.165, 1.54) is 0 Å². The van der Waals surface area contributed by atoms with Crippen molar-refractivity contribution in [2.75, 3.05) is 38.8 Å². The third-order valence-corrected chi connectivity index (χ3v) is 7.06. The number of carbonyl (C=O) groups is 3. The average Bonchev–Trinajstić information content (AvgIpc) is 3.40. The SMILES string of the molecule is Cc1ccc(NC(=O)NC(C(=O)N2CCC(N3CN4CN(C)C=C4C3=O)CC2)c2ccccc2)cc1. The van der Waals surface area contributed by atoms with Crippen molar-refractivity contribution in [3.8, 4) is 0 Å². The lowest BCUT2D eigenvalue weighted by molar-refractivity contribution is -0.135. The monoisotopic (exact) mass is 488 g/mol. The highest BCUT2D eigenvalue weighted by molar-refractivity contribution is 5.96. The number of nitrogens with zero attached hydrogens (tertiary/aromatic N) is 4. The fourth-order valence-corrected chi connectivity index (χ4v) is 5.11. The summed E-state index contributed by atoms with van der Waals surface area (Å²) >= 11 is 0. The van der Waals surface area contributed by atoms with E-state index >= 15 is 0 Å². The number of hydrogen-bond acceptors (Lipinski definition) is 5. The van der Waals surface area contributed by atoms with Gasteiger partial charge < -0.3 is 30.2 Å². The van der Waals surface area contributed by atoms with Gasteiger partial charge in [-0.25, -0.2) is 4.79 Å². The molecule has 0 aromatic heterocycles. The van der Waals surface area contributed by atoms with Crippen LogP contribution in [0.15, 0.2) is 66.5 Å². The third-order valence-electron chi connectivity index (χ3n) is 7.06. The molecule has 0 aliphatic carbocycles. The van der Waals surface area contributed by atoms with Crippen LogP contribution in [0.5, 0.6) is 0 Å². The van der Waals surface area contributed by atoms with Crippen LogP contribution in [-0.4, -0.2) is 77.0 Å². The third kappa shape index (κ3) is 4.86. The normalized spacial score (nSPS) is 18.7. The number of urea groups is 1. The van der Waals surface area contributed by atoms with Crippen molar-refractivity contribution < 1.29 is 14.4 Å². The number of aryl methyl sites for hydroxylation is 1. The minimum absolute atomic E-state index is 0.0701. The van der Waals surface area contributed by atoms with Gasteiger partial charge in [-0.15, -0.1) is 0 Å². The molecule has 0 spiro atoms. The zero-order valence-electron chi connectivity index (χ0n) is 20.7. The van der Waals surface area contributed by atoms with Gasteiger partial charge in [0.2, 0.25) is 5.91 Å². The van der Waals surface area contributed by atoms with E-state index in [1.807, 2.05) is 84.6 Å². The number of fused-ring (bicyclic) bond motifs is 1. The van der Waals surface area contributed by atoms with Gasteiger partial charge in [-0.05, 0) is 37.5 Å². The summed E-state index contributed by atoms with van der Waals surface area (Å²) in [6.07, 6.45) is 3.33. The molecule has 2 fully saturated rings. The summed E-state index contributed by atoms with van der Waals surface area (Å²) in [5.41, 5.74) is 3.25. The van der Waals surface area contributed by atoms with Crippen LogP contribution < -0.4 is 10.6 Å². The van der Waals surface area contributed by atoms with Crippen LogP contribution in [0.3, 0.4) is 0 Å². The number of benzene rings is 2. The molecule has 2 saturated heterocycles. The van der Waals surface area contributed by atoms with Gasteiger partial charge in [0.05, 0.1) is 13.3 Å². The molecule has 0 saturated carbocycles. The zero-order chi connectivity index (χ0) is 25.2. The van der Waals surface area contributed by atoms with Gasteiger partial charge in [0.25, 0.3) is 5.91 Å². The molecule has 1 atom stereocenters. The van der Waals surface area contributed by atoms with Crippen molar-refractivity contribution >= 4 is 23.5 Å². The second-order valence-electron chi connectivity index (χ2n) is 9.73. The summed E-state index contributed by atoms with van der Waals surface area (Å²) in [7, 11) is 1.96. The van der Waals surface area contributed by atoms with E-state index in [1.54, 1.807) is 4.90 Å². The number of hydrogen-bond donors (Lipinski definition) is 2. The molecule has 3 heterocycles.